The lowest BCUT2D eigenvalue weighted by Crippen LogP contribution is -2.48. The third-order valence-electron chi connectivity index (χ3n) is 11.1. The molecule has 1 amide bonds. The molecule has 2 N–H and O–H groups in total. The Morgan fingerprint density at radius 3 is 1.54 bits per heavy atom. The Bertz CT molecular complexity index is 1210. The van der Waals surface area contributed by atoms with Crippen molar-refractivity contribution in [1.82, 2.24) is 9.80 Å². The molecule has 1 heterocycles. The summed E-state index contributed by atoms with van der Waals surface area (Å²) in [5.41, 5.74) is -0.768. The number of piperidine rings is 1. The standard InChI is InChI=1S/C43H76N4O7/c1-5-7-9-11-13-15-17-19-21-24-37(49)53-34-43(35-54-38(50)25-22-20-18-16-14-12-10-8-6-2)27-32-47(33-28-43)36(48)26-31-46(4)30-23-29-45-40-39(44-3)41(51)42(40)52/h44-45H,5-35H2,1-4H3. The van der Waals surface area contributed by atoms with Gasteiger partial charge in [-0.05, 0) is 45.7 Å². The van der Waals surface area contributed by atoms with Gasteiger partial charge in [-0.25, -0.2) is 0 Å². The second-order valence-corrected chi connectivity index (χ2v) is 15.9. The molecule has 1 aliphatic heterocycles. The van der Waals surface area contributed by atoms with Crippen molar-refractivity contribution < 1.29 is 23.9 Å². The summed E-state index contributed by atoms with van der Waals surface area (Å²) < 4.78 is 11.7. The molecule has 0 aromatic heterocycles. The van der Waals surface area contributed by atoms with Crippen LogP contribution in [0.5, 0.6) is 0 Å². The maximum absolute atomic E-state index is 13.2. The third kappa shape index (κ3) is 19.1. The maximum atomic E-state index is 13.2. The van der Waals surface area contributed by atoms with Crippen molar-refractivity contribution in [2.45, 2.75) is 168 Å². The van der Waals surface area contributed by atoms with Crippen LogP contribution in [0.15, 0.2) is 9.59 Å². The molecule has 0 aliphatic carbocycles. The van der Waals surface area contributed by atoms with Gasteiger partial charge in [0.05, 0.1) is 0 Å². The highest BCUT2D eigenvalue weighted by Gasteiger charge is 2.38. The molecule has 11 nitrogen and oxygen atoms in total. The number of nitrogens with zero attached hydrogens (tertiary/aromatic N) is 2. The molecule has 1 fully saturated rings. The van der Waals surface area contributed by atoms with Crippen LogP contribution in [0.4, 0.5) is 11.4 Å². The summed E-state index contributed by atoms with van der Waals surface area (Å²) in [5.74, 6) is -0.301. The molecule has 0 saturated carbocycles. The first-order valence-corrected chi connectivity index (χ1v) is 21.7. The molecule has 1 saturated heterocycles. The summed E-state index contributed by atoms with van der Waals surface area (Å²) >= 11 is 0. The highest BCUT2D eigenvalue weighted by Crippen LogP contribution is 2.33. The Kier molecular flexibility index (Phi) is 24.9. The minimum absolute atomic E-state index is 0.0840. The zero-order valence-electron chi connectivity index (χ0n) is 34.7. The number of hydrogen-bond donors (Lipinski definition) is 2. The van der Waals surface area contributed by atoms with E-state index in [4.69, 9.17) is 9.47 Å². The van der Waals surface area contributed by atoms with Gasteiger partial charge in [-0.3, -0.25) is 24.0 Å². The summed E-state index contributed by atoms with van der Waals surface area (Å²) in [6, 6.07) is 0. The number of nitrogens with one attached hydrogen (secondary N) is 2. The van der Waals surface area contributed by atoms with Crippen LogP contribution in [0.1, 0.15) is 168 Å². The number of amides is 1. The average Bonchev–Trinajstić information content (AvgIpc) is 3.18. The van der Waals surface area contributed by atoms with E-state index in [0.717, 1.165) is 51.5 Å². The van der Waals surface area contributed by atoms with Gasteiger partial charge in [0.1, 0.15) is 24.6 Å². The van der Waals surface area contributed by atoms with Crippen LogP contribution in [-0.4, -0.2) is 87.7 Å². The van der Waals surface area contributed by atoms with Gasteiger partial charge >= 0.3 is 11.9 Å². The zero-order chi connectivity index (χ0) is 39.4. The Morgan fingerprint density at radius 2 is 1.07 bits per heavy atom. The van der Waals surface area contributed by atoms with Gasteiger partial charge in [-0.15, -0.1) is 0 Å². The fraction of sp³-hybridized carbons (Fsp3) is 0.837. The zero-order valence-corrected chi connectivity index (χ0v) is 34.7. The van der Waals surface area contributed by atoms with E-state index in [-0.39, 0.29) is 31.1 Å². The molecule has 54 heavy (non-hydrogen) atoms. The van der Waals surface area contributed by atoms with Crippen molar-refractivity contribution in [1.29, 1.82) is 0 Å². The molecule has 11 heteroatoms. The number of unbranched alkanes of at least 4 members (excludes halogenated alkanes) is 16. The quantitative estimate of drug-likeness (QED) is 0.0413. The maximum Gasteiger partial charge on any atom is 0.305 e. The molecule has 1 aliphatic rings. The van der Waals surface area contributed by atoms with Crippen LogP contribution in [0.2, 0.25) is 0 Å². The van der Waals surface area contributed by atoms with E-state index in [9.17, 15) is 24.0 Å². The summed E-state index contributed by atoms with van der Waals surface area (Å²) in [5, 5.41) is 5.81. The Labute approximate surface area is 326 Å². The van der Waals surface area contributed by atoms with Crippen LogP contribution < -0.4 is 21.5 Å². The SMILES string of the molecule is CCCCCCCCCCCC(=O)OCC1(COC(=O)CCCCCCCCCCC)CCN(C(=O)CCN(C)CCCNc2c(NC)c(=O)c2=O)CC1. The van der Waals surface area contributed by atoms with Crippen molar-refractivity contribution in [3.05, 3.63) is 20.4 Å². The van der Waals surface area contributed by atoms with Crippen molar-refractivity contribution in [3.63, 3.8) is 0 Å². The number of esters is 2. The van der Waals surface area contributed by atoms with Crippen LogP contribution in [0.3, 0.4) is 0 Å². The minimum Gasteiger partial charge on any atom is -0.465 e. The number of ether oxygens (including phenoxy) is 2. The predicted octanol–water partition coefficient (Wildman–Crippen LogP) is 7.99. The summed E-state index contributed by atoms with van der Waals surface area (Å²) in [7, 11) is 3.59. The number of likely N-dealkylation sites (tertiary alicyclic amines) is 1. The van der Waals surface area contributed by atoms with Gasteiger partial charge in [0.2, 0.25) is 5.91 Å². The molecular weight excluding hydrogens is 684 g/mol. The van der Waals surface area contributed by atoms with Crippen molar-refractivity contribution in [2.75, 3.05) is 70.7 Å². The van der Waals surface area contributed by atoms with Gasteiger partial charge in [-0.1, -0.05) is 117 Å². The van der Waals surface area contributed by atoms with Gasteiger partial charge in [-0.2, -0.15) is 0 Å². The molecule has 310 valence electrons. The van der Waals surface area contributed by atoms with E-state index in [1.807, 2.05) is 11.9 Å². The first-order chi connectivity index (χ1) is 26.2. The fourth-order valence-electron chi connectivity index (χ4n) is 7.25. The monoisotopic (exact) mass is 761 g/mol. The second kappa shape index (κ2) is 28.5. The third-order valence-corrected chi connectivity index (χ3v) is 11.1. The number of hydrogen-bond acceptors (Lipinski definition) is 10. The molecule has 1 aromatic rings. The summed E-state index contributed by atoms with van der Waals surface area (Å²) in [6.07, 6.45) is 24.6. The van der Waals surface area contributed by atoms with E-state index in [2.05, 4.69) is 29.4 Å². The molecule has 0 spiro atoms. The van der Waals surface area contributed by atoms with Crippen molar-refractivity contribution >= 4 is 29.2 Å². The molecule has 0 radical (unpaired) electrons. The molecule has 2 rings (SSSR count). The van der Waals surface area contributed by atoms with Gasteiger partial charge < -0.3 is 29.9 Å². The Morgan fingerprint density at radius 1 is 0.630 bits per heavy atom. The normalized spacial score (nSPS) is 14.1. The second-order valence-electron chi connectivity index (χ2n) is 15.9. The van der Waals surface area contributed by atoms with Crippen molar-refractivity contribution in [3.8, 4) is 0 Å². The van der Waals surface area contributed by atoms with E-state index >= 15 is 0 Å². The lowest BCUT2D eigenvalue weighted by molar-refractivity contribution is -0.158. The van der Waals surface area contributed by atoms with E-state index in [1.165, 1.54) is 77.0 Å². The largest absolute Gasteiger partial charge is 0.465 e. The Hall–Kier alpha value is -2.95. The van der Waals surface area contributed by atoms with Crippen LogP contribution >= 0.6 is 0 Å². The predicted molar refractivity (Wildman–Crippen MR) is 220 cm³/mol. The Balaban J connectivity index is 1.76. The summed E-state index contributed by atoms with van der Waals surface area (Å²) in [6.45, 7) is 7.85. The molecule has 0 bridgehead atoms. The van der Waals surface area contributed by atoms with E-state index in [0.29, 0.717) is 69.7 Å². The molecule has 0 unspecified atom stereocenters. The lowest BCUT2D eigenvalue weighted by atomic mass is 9.79. The first kappa shape index (κ1) is 47.2. The lowest BCUT2D eigenvalue weighted by Gasteiger charge is -2.41. The van der Waals surface area contributed by atoms with Crippen LogP contribution in [0.25, 0.3) is 0 Å². The number of anilines is 2. The first-order valence-electron chi connectivity index (χ1n) is 21.7. The van der Waals surface area contributed by atoms with Crippen LogP contribution in [-0.2, 0) is 23.9 Å². The van der Waals surface area contributed by atoms with Crippen LogP contribution in [0, 0.1) is 5.41 Å². The average molecular weight is 761 g/mol. The van der Waals surface area contributed by atoms with Gasteiger partial charge in [0, 0.05) is 57.9 Å². The topological polar surface area (TPSA) is 134 Å². The number of carbonyl (C=O) groups is 3. The number of rotatable bonds is 33. The molecule has 1 aromatic carbocycles. The van der Waals surface area contributed by atoms with E-state index in [1.54, 1.807) is 7.05 Å². The minimum atomic E-state index is -0.488. The highest BCUT2D eigenvalue weighted by molar-refractivity contribution is 5.76. The van der Waals surface area contributed by atoms with Gasteiger partial charge in [0.25, 0.3) is 10.9 Å². The molecule has 0 atom stereocenters. The van der Waals surface area contributed by atoms with E-state index < -0.39 is 16.3 Å². The fourth-order valence-corrected chi connectivity index (χ4v) is 7.25. The van der Waals surface area contributed by atoms with Gasteiger partial charge in [0.15, 0.2) is 0 Å². The smallest absolute Gasteiger partial charge is 0.305 e. The highest BCUT2D eigenvalue weighted by atomic mass is 16.5. The summed E-state index contributed by atoms with van der Waals surface area (Å²) in [4.78, 5) is 66.0. The molecular formula is C43H76N4O7. The van der Waals surface area contributed by atoms with Crippen molar-refractivity contribution in [2.24, 2.45) is 5.41 Å². The number of carbonyl (C=O) groups excluding carboxylic acids is 3.